The van der Waals surface area contributed by atoms with Crippen LogP contribution in [-0.4, -0.2) is 48.1 Å². The quantitative estimate of drug-likeness (QED) is 0.818. The fourth-order valence-electron chi connectivity index (χ4n) is 2.79. The lowest BCUT2D eigenvalue weighted by atomic mass is 10.1. The van der Waals surface area contributed by atoms with Crippen LogP contribution in [0, 0.1) is 0 Å². The maximum atomic E-state index is 3.64. The number of rotatable bonds is 3. The standard InChI is InChI=1S/C13H26N2S/c1-12-5-3-2-4-8-15(12)9-6-13-11-16-10-7-14-13/h12-14H,2-11H2,1H3. The first kappa shape index (κ1) is 12.7. The molecule has 2 saturated heterocycles. The van der Waals surface area contributed by atoms with Gasteiger partial charge in [0, 0.05) is 30.1 Å². The molecule has 0 bridgehead atoms. The molecular formula is C13H26N2S. The van der Waals surface area contributed by atoms with Gasteiger partial charge >= 0.3 is 0 Å². The van der Waals surface area contributed by atoms with Crippen molar-refractivity contribution in [3.8, 4) is 0 Å². The Morgan fingerprint density at radius 2 is 2.25 bits per heavy atom. The zero-order chi connectivity index (χ0) is 11.2. The van der Waals surface area contributed by atoms with Crippen LogP contribution in [0.25, 0.3) is 0 Å². The monoisotopic (exact) mass is 242 g/mol. The first-order valence-corrected chi connectivity index (χ1v) is 8.07. The first-order valence-electron chi connectivity index (χ1n) is 6.91. The summed E-state index contributed by atoms with van der Waals surface area (Å²) >= 11 is 2.11. The van der Waals surface area contributed by atoms with Gasteiger partial charge in [-0.1, -0.05) is 12.8 Å². The minimum atomic E-state index is 0.772. The maximum Gasteiger partial charge on any atom is 0.0170 e. The lowest BCUT2D eigenvalue weighted by Crippen LogP contribution is -2.42. The van der Waals surface area contributed by atoms with Crippen LogP contribution in [0.5, 0.6) is 0 Å². The number of nitrogens with zero attached hydrogens (tertiary/aromatic N) is 1. The molecule has 2 aliphatic heterocycles. The van der Waals surface area contributed by atoms with Gasteiger partial charge in [0.2, 0.25) is 0 Å². The molecule has 0 aromatic heterocycles. The summed E-state index contributed by atoms with van der Waals surface area (Å²) in [5, 5.41) is 3.64. The second-order valence-corrected chi connectivity index (χ2v) is 6.40. The van der Waals surface area contributed by atoms with Crippen molar-refractivity contribution in [2.75, 3.05) is 31.1 Å². The van der Waals surface area contributed by atoms with Crippen molar-refractivity contribution in [1.29, 1.82) is 0 Å². The third-order valence-corrected chi connectivity index (χ3v) is 5.08. The predicted molar refractivity (Wildman–Crippen MR) is 73.2 cm³/mol. The number of hydrogen-bond donors (Lipinski definition) is 1. The van der Waals surface area contributed by atoms with E-state index in [9.17, 15) is 0 Å². The van der Waals surface area contributed by atoms with E-state index < -0.39 is 0 Å². The van der Waals surface area contributed by atoms with Gasteiger partial charge in [-0.3, -0.25) is 0 Å². The fraction of sp³-hybridized carbons (Fsp3) is 1.00. The molecule has 3 heteroatoms. The molecule has 0 aromatic carbocycles. The molecule has 94 valence electrons. The molecule has 1 N–H and O–H groups in total. The van der Waals surface area contributed by atoms with Gasteiger partial charge in [0.25, 0.3) is 0 Å². The van der Waals surface area contributed by atoms with Crippen molar-refractivity contribution >= 4 is 11.8 Å². The molecular weight excluding hydrogens is 216 g/mol. The highest BCUT2D eigenvalue weighted by molar-refractivity contribution is 7.99. The Bertz CT molecular complexity index is 192. The predicted octanol–water partition coefficient (Wildman–Crippen LogP) is 2.35. The SMILES string of the molecule is CC1CCCCCN1CCC1CSCCN1. The molecule has 2 heterocycles. The molecule has 16 heavy (non-hydrogen) atoms. The van der Waals surface area contributed by atoms with Crippen molar-refractivity contribution in [2.45, 2.75) is 51.1 Å². The lowest BCUT2D eigenvalue weighted by Gasteiger charge is -2.30. The minimum absolute atomic E-state index is 0.772. The van der Waals surface area contributed by atoms with Crippen molar-refractivity contribution < 1.29 is 0 Å². The van der Waals surface area contributed by atoms with Crippen molar-refractivity contribution in [3.63, 3.8) is 0 Å². The van der Waals surface area contributed by atoms with Crippen LogP contribution in [-0.2, 0) is 0 Å². The van der Waals surface area contributed by atoms with E-state index in [1.807, 2.05) is 0 Å². The molecule has 2 atom stereocenters. The van der Waals surface area contributed by atoms with Crippen LogP contribution in [0.15, 0.2) is 0 Å². The summed E-state index contributed by atoms with van der Waals surface area (Å²) in [6, 6.07) is 1.59. The summed E-state index contributed by atoms with van der Waals surface area (Å²) in [6.07, 6.45) is 7.05. The van der Waals surface area contributed by atoms with Crippen LogP contribution in [0.3, 0.4) is 0 Å². The Labute approximate surface area is 105 Å². The molecule has 0 spiro atoms. The van der Waals surface area contributed by atoms with Gasteiger partial charge in [-0.25, -0.2) is 0 Å². The second-order valence-electron chi connectivity index (χ2n) is 5.25. The third-order valence-electron chi connectivity index (χ3n) is 3.95. The minimum Gasteiger partial charge on any atom is -0.312 e. The largest absolute Gasteiger partial charge is 0.312 e. The maximum absolute atomic E-state index is 3.64. The van der Waals surface area contributed by atoms with Gasteiger partial charge in [-0.05, 0) is 39.3 Å². The average molecular weight is 242 g/mol. The van der Waals surface area contributed by atoms with Gasteiger partial charge in [-0.15, -0.1) is 0 Å². The molecule has 0 amide bonds. The average Bonchev–Trinajstić information content (AvgIpc) is 2.53. The van der Waals surface area contributed by atoms with Gasteiger partial charge in [0.1, 0.15) is 0 Å². The third kappa shape index (κ3) is 3.94. The Hall–Kier alpha value is 0.270. The molecule has 2 unspecified atom stereocenters. The van der Waals surface area contributed by atoms with Crippen LogP contribution in [0.2, 0.25) is 0 Å². The van der Waals surface area contributed by atoms with E-state index in [4.69, 9.17) is 0 Å². The van der Waals surface area contributed by atoms with Crippen LogP contribution < -0.4 is 5.32 Å². The summed E-state index contributed by atoms with van der Waals surface area (Å²) in [6.45, 7) is 6.26. The zero-order valence-electron chi connectivity index (χ0n) is 10.6. The molecule has 0 radical (unpaired) electrons. The van der Waals surface area contributed by atoms with E-state index in [0.717, 1.165) is 12.1 Å². The topological polar surface area (TPSA) is 15.3 Å². The summed E-state index contributed by atoms with van der Waals surface area (Å²) in [4.78, 5) is 2.72. The van der Waals surface area contributed by atoms with Crippen molar-refractivity contribution in [2.24, 2.45) is 0 Å². The van der Waals surface area contributed by atoms with Crippen LogP contribution >= 0.6 is 11.8 Å². The van der Waals surface area contributed by atoms with Gasteiger partial charge in [-0.2, -0.15) is 11.8 Å². The molecule has 2 nitrogen and oxygen atoms in total. The summed E-state index contributed by atoms with van der Waals surface area (Å²) in [5.74, 6) is 2.62. The van der Waals surface area contributed by atoms with E-state index in [1.165, 1.54) is 63.2 Å². The van der Waals surface area contributed by atoms with Gasteiger partial charge < -0.3 is 10.2 Å². The molecule has 2 rings (SSSR count). The molecule has 2 aliphatic rings. The number of likely N-dealkylation sites (tertiary alicyclic amines) is 1. The Morgan fingerprint density at radius 3 is 3.06 bits per heavy atom. The summed E-state index contributed by atoms with van der Waals surface area (Å²) < 4.78 is 0. The van der Waals surface area contributed by atoms with E-state index in [1.54, 1.807) is 0 Å². The number of hydrogen-bond acceptors (Lipinski definition) is 3. The number of nitrogens with one attached hydrogen (secondary N) is 1. The van der Waals surface area contributed by atoms with Gasteiger partial charge in [0.15, 0.2) is 0 Å². The van der Waals surface area contributed by atoms with Crippen molar-refractivity contribution in [3.05, 3.63) is 0 Å². The Kier molecular flexibility index (Phi) is 5.46. The fourth-order valence-corrected chi connectivity index (χ4v) is 3.79. The Morgan fingerprint density at radius 1 is 1.31 bits per heavy atom. The van der Waals surface area contributed by atoms with E-state index in [-0.39, 0.29) is 0 Å². The van der Waals surface area contributed by atoms with Crippen LogP contribution in [0.1, 0.15) is 39.0 Å². The lowest BCUT2D eigenvalue weighted by molar-refractivity contribution is 0.204. The highest BCUT2D eigenvalue weighted by Gasteiger charge is 2.19. The van der Waals surface area contributed by atoms with E-state index in [2.05, 4.69) is 28.9 Å². The smallest absolute Gasteiger partial charge is 0.0170 e. The number of thioether (sulfide) groups is 1. The summed E-state index contributed by atoms with van der Waals surface area (Å²) in [7, 11) is 0. The molecule has 0 saturated carbocycles. The first-order chi connectivity index (χ1) is 7.86. The van der Waals surface area contributed by atoms with Crippen molar-refractivity contribution in [1.82, 2.24) is 10.2 Å². The normalized spacial score (nSPS) is 33.6. The molecule has 2 fully saturated rings. The second kappa shape index (κ2) is 6.87. The molecule has 0 aliphatic carbocycles. The van der Waals surface area contributed by atoms with E-state index in [0.29, 0.717) is 0 Å². The van der Waals surface area contributed by atoms with Gasteiger partial charge in [0.05, 0.1) is 0 Å². The molecule has 0 aromatic rings. The Balaban J connectivity index is 1.70. The van der Waals surface area contributed by atoms with E-state index >= 15 is 0 Å². The van der Waals surface area contributed by atoms with Crippen LogP contribution in [0.4, 0.5) is 0 Å². The highest BCUT2D eigenvalue weighted by Crippen LogP contribution is 2.18. The zero-order valence-corrected chi connectivity index (χ0v) is 11.4. The summed E-state index contributed by atoms with van der Waals surface area (Å²) in [5.41, 5.74) is 0. The highest BCUT2D eigenvalue weighted by atomic mass is 32.2.